The van der Waals surface area contributed by atoms with Crippen LogP contribution in [0, 0.1) is 0 Å². The Morgan fingerprint density at radius 1 is 0.871 bits per heavy atom. The summed E-state index contributed by atoms with van der Waals surface area (Å²) in [6, 6.07) is 22.9. The number of aliphatic hydroxyl groups is 1. The minimum atomic E-state index is -0.639. The van der Waals surface area contributed by atoms with Crippen LogP contribution in [0.5, 0.6) is 28.7 Å². The molecule has 0 bridgehead atoms. The largest absolute Gasteiger partial charge is 0.491 e. The Hall–Kier alpha value is -3.22. The lowest BCUT2D eigenvalue weighted by Gasteiger charge is -2.22. The van der Waals surface area contributed by atoms with Crippen molar-refractivity contribution in [2.75, 3.05) is 26.4 Å². The van der Waals surface area contributed by atoms with Crippen molar-refractivity contribution in [1.82, 2.24) is 5.32 Å². The first-order valence-electron chi connectivity index (χ1n) is 10.4. The normalized spacial score (nSPS) is 14.5. The van der Waals surface area contributed by atoms with Crippen molar-refractivity contribution in [1.29, 1.82) is 0 Å². The third kappa shape index (κ3) is 5.90. The van der Waals surface area contributed by atoms with Crippen molar-refractivity contribution >= 4 is 0 Å². The van der Waals surface area contributed by atoms with Crippen LogP contribution >= 0.6 is 0 Å². The lowest BCUT2D eigenvalue weighted by Crippen LogP contribution is -2.33. The molecule has 0 amide bonds. The molecule has 2 N–H and O–H groups in total. The van der Waals surface area contributed by atoms with Gasteiger partial charge in [0.05, 0.1) is 0 Å². The molecule has 6 nitrogen and oxygen atoms in total. The molecule has 3 aromatic rings. The van der Waals surface area contributed by atoms with Crippen LogP contribution in [0.1, 0.15) is 18.5 Å². The number of benzene rings is 3. The van der Waals surface area contributed by atoms with Crippen LogP contribution in [0.15, 0.2) is 72.8 Å². The summed E-state index contributed by atoms with van der Waals surface area (Å²) < 4.78 is 22.7. The Morgan fingerprint density at radius 2 is 1.55 bits per heavy atom. The van der Waals surface area contributed by atoms with E-state index in [1.807, 2.05) is 79.7 Å². The van der Waals surface area contributed by atoms with E-state index in [2.05, 4.69) is 5.32 Å². The zero-order valence-corrected chi connectivity index (χ0v) is 17.5. The lowest BCUT2D eigenvalue weighted by molar-refractivity contribution is 0.104. The van der Waals surface area contributed by atoms with E-state index in [0.717, 1.165) is 28.6 Å². The molecule has 0 spiro atoms. The van der Waals surface area contributed by atoms with E-state index >= 15 is 0 Å². The average molecular weight is 421 g/mol. The third-order valence-corrected chi connectivity index (χ3v) is 4.97. The number of ether oxygens (including phenoxy) is 4. The molecule has 0 unspecified atom stereocenters. The highest BCUT2D eigenvalue weighted by molar-refractivity contribution is 5.44. The van der Waals surface area contributed by atoms with Crippen LogP contribution in [0.4, 0.5) is 0 Å². The maximum absolute atomic E-state index is 10.3. The third-order valence-electron chi connectivity index (χ3n) is 4.97. The zero-order chi connectivity index (χ0) is 21.5. The van der Waals surface area contributed by atoms with Gasteiger partial charge in [-0.3, -0.25) is 0 Å². The molecular weight excluding hydrogens is 394 g/mol. The zero-order valence-electron chi connectivity index (χ0n) is 17.5. The van der Waals surface area contributed by atoms with Crippen molar-refractivity contribution in [2.45, 2.75) is 19.1 Å². The SMILES string of the molecule is C[C@H](NC[C@@H](O)COc1ccc(Oc2ccccc2)cc1)c1ccc2c(c1)OCCO2. The second-order valence-corrected chi connectivity index (χ2v) is 7.38. The Morgan fingerprint density at radius 3 is 2.32 bits per heavy atom. The summed E-state index contributed by atoms with van der Waals surface area (Å²) >= 11 is 0. The summed E-state index contributed by atoms with van der Waals surface area (Å²) in [5.74, 6) is 3.73. The van der Waals surface area contributed by atoms with Crippen molar-refractivity contribution in [3.63, 3.8) is 0 Å². The summed E-state index contributed by atoms with van der Waals surface area (Å²) in [4.78, 5) is 0. The second-order valence-electron chi connectivity index (χ2n) is 7.38. The summed E-state index contributed by atoms with van der Waals surface area (Å²) in [7, 11) is 0. The highest BCUT2D eigenvalue weighted by Gasteiger charge is 2.15. The van der Waals surface area contributed by atoms with E-state index in [-0.39, 0.29) is 12.6 Å². The number of hydrogen-bond donors (Lipinski definition) is 2. The van der Waals surface area contributed by atoms with E-state index in [1.165, 1.54) is 0 Å². The van der Waals surface area contributed by atoms with Crippen LogP contribution < -0.4 is 24.3 Å². The molecule has 0 saturated heterocycles. The molecule has 0 saturated carbocycles. The summed E-state index contributed by atoms with van der Waals surface area (Å²) in [5.41, 5.74) is 1.08. The van der Waals surface area contributed by atoms with Gasteiger partial charge in [0.15, 0.2) is 11.5 Å². The van der Waals surface area contributed by atoms with Crippen molar-refractivity contribution in [3.8, 4) is 28.7 Å². The van der Waals surface area contributed by atoms with Crippen LogP contribution in [-0.4, -0.2) is 37.6 Å². The molecule has 0 radical (unpaired) electrons. The summed E-state index contributed by atoms with van der Waals surface area (Å²) in [5, 5.41) is 13.6. The minimum Gasteiger partial charge on any atom is -0.491 e. The van der Waals surface area contributed by atoms with Gasteiger partial charge in [-0.25, -0.2) is 0 Å². The maximum atomic E-state index is 10.3. The van der Waals surface area contributed by atoms with Gasteiger partial charge in [0.1, 0.15) is 43.2 Å². The molecule has 1 aliphatic rings. The predicted octanol–water partition coefficient (Wildman–Crippen LogP) is 4.34. The first-order chi connectivity index (χ1) is 15.2. The Bertz CT molecular complexity index is 961. The Balaban J connectivity index is 1.21. The van der Waals surface area contributed by atoms with E-state index in [0.29, 0.717) is 25.5 Å². The topological polar surface area (TPSA) is 69.2 Å². The molecule has 4 rings (SSSR count). The van der Waals surface area contributed by atoms with Crippen molar-refractivity contribution in [3.05, 3.63) is 78.4 Å². The Labute approximate surface area is 182 Å². The lowest BCUT2D eigenvalue weighted by atomic mass is 10.1. The van der Waals surface area contributed by atoms with Gasteiger partial charge in [-0.2, -0.15) is 0 Å². The summed E-state index contributed by atoms with van der Waals surface area (Å²) in [6.45, 7) is 3.79. The number of fused-ring (bicyclic) bond motifs is 1. The second kappa shape index (κ2) is 10.2. The van der Waals surface area contributed by atoms with E-state index < -0.39 is 6.10 Å². The van der Waals surface area contributed by atoms with Gasteiger partial charge in [0.2, 0.25) is 0 Å². The van der Waals surface area contributed by atoms with Crippen LogP contribution in [-0.2, 0) is 0 Å². The molecule has 31 heavy (non-hydrogen) atoms. The van der Waals surface area contributed by atoms with E-state index in [1.54, 1.807) is 0 Å². The van der Waals surface area contributed by atoms with Crippen LogP contribution in [0.3, 0.4) is 0 Å². The van der Waals surface area contributed by atoms with Gasteiger partial charge in [-0.05, 0) is 61.0 Å². The molecule has 0 fully saturated rings. The van der Waals surface area contributed by atoms with Gasteiger partial charge < -0.3 is 29.4 Å². The van der Waals surface area contributed by atoms with Gasteiger partial charge >= 0.3 is 0 Å². The number of para-hydroxylation sites is 1. The first kappa shape index (κ1) is 21.0. The number of rotatable bonds is 9. The molecule has 0 aliphatic carbocycles. The number of hydrogen-bond acceptors (Lipinski definition) is 6. The van der Waals surface area contributed by atoms with Crippen LogP contribution in [0.25, 0.3) is 0 Å². The number of aliphatic hydroxyl groups excluding tert-OH is 1. The van der Waals surface area contributed by atoms with E-state index in [4.69, 9.17) is 18.9 Å². The smallest absolute Gasteiger partial charge is 0.161 e. The minimum absolute atomic E-state index is 0.0555. The van der Waals surface area contributed by atoms with Crippen molar-refractivity contribution < 1.29 is 24.1 Å². The standard InChI is InChI=1S/C25H27NO5/c1-18(19-7-12-24-25(15-19)29-14-13-28-24)26-16-20(27)17-30-21-8-10-23(11-9-21)31-22-5-3-2-4-6-22/h2-12,15,18,20,26-27H,13-14,16-17H2,1H3/t18-,20+/m0/s1. The molecule has 1 heterocycles. The van der Waals surface area contributed by atoms with Gasteiger partial charge in [-0.15, -0.1) is 0 Å². The molecule has 0 aromatic heterocycles. The van der Waals surface area contributed by atoms with Gasteiger partial charge in [-0.1, -0.05) is 24.3 Å². The monoisotopic (exact) mass is 421 g/mol. The van der Waals surface area contributed by atoms with Crippen molar-refractivity contribution in [2.24, 2.45) is 0 Å². The highest BCUT2D eigenvalue weighted by Crippen LogP contribution is 2.32. The predicted molar refractivity (Wildman–Crippen MR) is 118 cm³/mol. The quantitative estimate of drug-likeness (QED) is 0.536. The molecule has 162 valence electrons. The highest BCUT2D eigenvalue weighted by atomic mass is 16.6. The average Bonchev–Trinajstić information content (AvgIpc) is 2.82. The fourth-order valence-corrected chi connectivity index (χ4v) is 3.24. The van der Waals surface area contributed by atoms with E-state index in [9.17, 15) is 5.11 Å². The summed E-state index contributed by atoms with van der Waals surface area (Å²) in [6.07, 6.45) is -0.639. The first-order valence-corrected chi connectivity index (χ1v) is 10.4. The molecular formula is C25H27NO5. The fourth-order valence-electron chi connectivity index (χ4n) is 3.24. The maximum Gasteiger partial charge on any atom is 0.161 e. The Kier molecular flexibility index (Phi) is 6.92. The van der Waals surface area contributed by atoms with Gasteiger partial charge in [0, 0.05) is 12.6 Å². The molecule has 1 aliphatic heterocycles. The fraction of sp³-hybridized carbons (Fsp3) is 0.280. The number of nitrogens with one attached hydrogen (secondary N) is 1. The van der Waals surface area contributed by atoms with Gasteiger partial charge in [0.25, 0.3) is 0 Å². The molecule has 2 atom stereocenters. The van der Waals surface area contributed by atoms with Crippen LogP contribution in [0.2, 0.25) is 0 Å². The molecule has 6 heteroatoms. The molecule has 3 aromatic carbocycles.